The van der Waals surface area contributed by atoms with E-state index < -0.39 is 0 Å². The summed E-state index contributed by atoms with van der Waals surface area (Å²) in [6, 6.07) is 6.93. The predicted octanol–water partition coefficient (Wildman–Crippen LogP) is 3.49. The number of halogens is 1. The highest BCUT2D eigenvalue weighted by atomic mass is 35.5. The summed E-state index contributed by atoms with van der Waals surface area (Å²) in [4.78, 5) is 21.4. The van der Waals surface area contributed by atoms with Crippen LogP contribution in [0.4, 0.5) is 0 Å². The molecule has 0 aliphatic carbocycles. The molecule has 0 spiro atoms. The van der Waals surface area contributed by atoms with E-state index in [-0.39, 0.29) is 5.78 Å². The Morgan fingerprint density at radius 2 is 2.04 bits per heavy atom. The summed E-state index contributed by atoms with van der Waals surface area (Å²) >= 11 is 6.10. The lowest BCUT2D eigenvalue weighted by molar-refractivity contribution is 0.103. The van der Waals surface area contributed by atoms with Crippen molar-refractivity contribution < 1.29 is 9.53 Å². The van der Waals surface area contributed by atoms with E-state index in [1.807, 2.05) is 18.2 Å². The molecule has 0 radical (unpaired) electrons. The lowest BCUT2D eigenvalue weighted by Gasteiger charge is -2.10. The van der Waals surface area contributed by atoms with Gasteiger partial charge in [-0.05, 0) is 25.5 Å². The fourth-order valence-corrected chi connectivity index (χ4v) is 2.84. The number of benzene rings is 1. The second-order valence-corrected chi connectivity index (χ2v) is 5.55. The van der Waals surface area contributed by atoms with Gasteiger partial charge in [0.15, 0.2) is 0 Å². The van der Waals surface area contributed by atoms with E-state index >= 15 is 0 Å². The van der Waals surface area contributed by atoms with Crippen LogP contribution in [0.3, 0.4) is 0 Å². The molecule has 2 heterocycles. The Bertz CT molecular complexity index is 902. The molecule has 0 aliphatic heterocycles. The Kier molecular flexibility index (Phi) is 4.05. The zero-order valence-electron chi connectivity index (χ0n) is 13.1. The molecule has 0 N–H and O–H groups in total. The van der Waals surface area contributed by atoms with E-state index in [2.05, 4.69) is 9.97 Å². The minimum absolute atomic E-state index is 0.225. The molecule has 0 saturated carbocycles. The van der Waals surface area contributed by atoms with Crippen LogP contribution in [0.15, 0.2) is 30.5 Å². The van der Waals surface area contributed by atoms with Crippen molar-refractivity contribution in [2.24, 2.45) is 0 Å². The number of ketones is 1. The summed E-state index contributed by atoms with van der Waals surface area (Å²) in [6.07, 6.45) is 2.48. The standard InChI is InChI=1S/C17H16ClN3O2/c1-4-11-10(2)21-9-14(19-17(21)20-16(11)23-3)15(22)12-7-5-6-8-13(12)18/h5-9H,4H2,1-3H3. The van der Waals surface area contributed by atoms with Gasteiger partial charge in [-0.3, -0.25) is 9.20 Å². The SMILES string of the molecule is CCc1c(OC)nc2nc(C(=O)c3ccccc3Cl)cn2c1C. The first-order chi connectivity index (χ1) is 11.1. The molecule has 2 aromatic heterocycles. The Morgan fingerprint density at radius 1 is 1.30 bits per heavy atom. The minimum atomic E-state index is -0.225. The number of ether oxygens (including phenoxy) is 1. The van der Waals surface area contributed by atoms with Crippen molar-refractivity contribution in [2.75, 3.05) is 7.11 Å². The van der Waals surface area contributed by atoms with Crippen LogP contribution in [0.1, 0.15) is 34.2 Å². The lowest BCUT2D eigenvalue weighted by Crippen LogP contribution is -2.03. The number of hydrogen-bond acceptors (Lipinski definition) is 4. The van der Waals surface area contributed by atoms with Crippen LogP contribution < -0.4 is 4.74 Å². The second-order valence-electron chi connectivity index (χ2n) is 5.14. The summed E-state index contributed by atoms with van der Waals surface area (Å²) in [5, 5.41) is 0.408. The summed E-state index contributed by atoms with van der Waals surface area (Å²) in [7, 11) is 1.58. The van der Waals surface area contributed by atoms with Gasteiger partial charge in [0.2, 0.25) is 17.4 Å². The summed E-state index contributed by atoms with van der Waals surface area (Å²) in [5.74, 6) is 0.754. The van der Waals surface area contributed by atoms with Gasteiger partial charge in [-0.25, -0.2) is 4.98 Å². The first kappa shape index (κ1) is 15.5. The van der Waals surface area contributed by atoms with E-state index in [1.165, 1.54) is 0 Å². The van der Waals surface area contributed by atoms with E-state index in [1.54, 1.807) is 37.6 Å². The second kappa shape index (κ2) is 6.01. The third-order valence-electron chi connectivity index (χ3n) is 3.84. The number of hydrogen-bond donors (Lipinski definition) is 0. The van der Waals surface area contributed by atoms with Gasteiger partial charge >= 0.3 is 0 Å². The lowest BCUT2D eigenvalue weighted by atomic mass is 10.1. The number of imidazole rings is 1. The molecular weight excluding hydrogens is 314 g/mol. The van der Waals surface area contributed by atoms with Crippen molar-refractivity contribution in [1.82, 2.24) is 14.4 Å². The number of aromatic nitrogens is 3. The third-order valence-corrected chi connectivity index (χ3v) is 4.17. The first-order valence-corrected chi connectivity index (χ1v) is 7.66. The molecule has 3 rings (SSSR count). The normalized spacial score (nSPS) is 11.0. The van der Waals surface area contributed by atoms with E-state index in [0.717, 1.165) is 17.7 Å². The third kappa shape index (κ3) is 2.57. The van der Waals surface area contributed by atoms with Gasteiger partial charge in [-0.2, -0.15) is 4.98 Å². The van der Waals surface area contributed by atoms with E-state index in [9.17, 15) is 4.79 Å². The largest absolute Gasteiger partial charge is 0.481 e. The number of aryl methyl sites for hydroxylation is 1. The van der Waals surface area contributed by atoms with Crippen LogP contribution in [0.5, 0.6) is 5.88 Å². The highest BCUT2D eigenvalue weighted by Crippen LogP contribution is 2.24. The first-order valence-electron chi connectivity index (χ1n) is 7.28. The molecule has 0 amide bonds. The van der Waals surface area contributed by atoms with Crippen LogP contribution in [0.2, 0.25) is 5.02 Å². The van der Waals surface area contributed by atoms with E-state index in [0.29, 0.717) is 27.9 Å². The van der Waals surface area contributed by atoms with Crippen LogP contribution in [-0.2, 0) is 6.42 Å². The van der Waals surface area contributed by atoms with Crippen LogP contribution >= 0.6 is 11.6 Å². The van der Waals surface area contributed by atoms with Crippen LogP contribution in [0, 0.1) is 6.92 Å². The molecule has 6 heteroatoms. The smallest absolute Gasteiger partial charge is 0.237 e. The van der Waals surface area contributed by atoms with Gasteiger partial charge in [0, 0.05) is 23.0 Å². The Labute approximate surface area is 138 Å². The number of nitrogens with zero attached hydrogens (tertiary/aromatic N) is 3. The number of fused-ring (bicyclic) bond motifs is 1. The number of methoxy groups -OCH3 is 1. The topological polar surface area (TPSA) is 56.5 Å². The fourth-order valence-electron chi connectivity index (χ4n) is 2.62. The molecule has 0 unspecified atom stereocenters. The van der Waals surface area contributed by atoms with Gasteiger partial charge in [0.25, 0.3) is 0 Å². The molecule has 23 heavy (non-hydrogen) atoms. The maximum absolute atomic E-state index is 12.6. The summed E-state index contributed by atoms with van der Waals surface area (Å²) in [5.41, 5.74) is 2.69. The summed E-state index contributed by atoms with van der Waals surface area (Å²) < 4.78 is 7.14. The molecular formula is C17H16ClN3O2. The van der Waals surface area contributed by atoms with Gasteiger partial charge in [-0.15, -0.1) is 0 Å². The number of rotatable bonds is 4. The zero-order chi connectivity index (χ0) is 16.6. The predicted molar refractivity (Wildman–Crippen MR) is 88.5 cm³/mol. The summed E-state index contributed by atoms with van der Waals surface area (Å²) in [6.45, 7) is 3.99. The Hall–Kier alpha value is -2.40. The number of carbonyl (C=O) groups excluding carboxylic acids is 1. The van der Waals surface area contributed by atoms with Crippen molar-refractivity contribution in [2.45, 2.75) is 20.3 Å². The van der Waals surface area contributed by atoms with E-state index in [4.69, 9.17) is 16.3 Å². The van der Waals surface area contributed by atoms with Gasteiger partial charge in [0.1, 0.15) is 5.69 Å². The van der Waals surface area contributed by atoms with Crippen molar-refractivity contribution in [3.63, 3.8) is 0 Å². The van der Waals surface area contributed by atoms with Gasteiger partial charge < -0.3 is 4.74 Å². The quantitative estimate of drug-likeness (QED) is 0.687. The Morgan fingerprint density at radius 3 is 2.70 bits per heavy atom. The minimum Gasteiger partial charge on any atom is -0.481 e. The molecule has 5 nitrogen and oxygen atoms in total. The monoisotopic (exact) mass is 329 g/mol. The maximum Gasteiger partial charge on any atom is 0.237 e. The molecule has 118 valence electrons. The van der Waals surface area contributed by atoms with Crippen molar-refractivity contribution in [1.29, 1.82) is 0 Å². The molecule has 0 atom stereocenters. The molecule has 0 aliphatic rings. The average molecular weight is 330 g/mol. The van der Waals surface area contributed by atoms with Gasteiger partial charge in [0.05, 0.1) is 12.1 Å². The van der Waals surface area contributed by atoms with Crippen molar-refractivity contribution >= 4 is 23.2 Å². The molecule has 0 bridgehead atoms. The van der Waals surface area contributed by atoms with Crippen LogP contribution in [-0.4, -0.2) is 27.3 Å². The fraction of sp³-hybridized carbons (Fsp3) is 0.235. The molecule has 0 saturated heterocycles. The molecule has 0 fully saturated rings. The highest BCUT2D eigenvalue weighted by Gasteiger charge is 2.19. The maximum atomic E-state index is 12.6. The van der Waals surface area contributed by atoms with Crippen LogP contribution in [0.25, 0.3) is 5.78 Å². The highest BCUT2D eigenvalue weighted by molar-refractivity contribution is 6.34. The van der Waals surface area contributed by atoms with Crippen molar-refractivity contribution in [3.8, 4) is 5.88 Å². The van der Waals surface area contributed by atoms with Crippen molar-refractivity contribution in [3.05, 3.63) is 58.0 Å². The Balaban J connectivity index is 2.16. The van der Waals surface area contributed by atoms with Gasteiger partial charge in [-0.1, -0.05) is 30.7 Å². The molecule has 1 aromatic carbocycles. The molecule has 3 aromatic rings. The average Bonchev–Trinajstić information content (AvgIpc) is 2.99. The zero-order valence-corrected chi connectivity index (χ0v) is 13.9. The number of carbonyl (C=O) groups is 1.